The van der Waals surface area contributed by atoms with Crippen LogP contribution in [0.1, 0.15) is 30.4 Å². The number of anilines is 1. The molecule has 0 spiro atoms. The summed E-state index contributed by atoms with van der Waals surface area (Å²) in [7, 11) is 0. The van der Waals surface area contributed by atoms with Gasteiger partial charge in [0.05, 0.1) is 0 Å². The Balaban J connectivity index is 1.93. The molecule has 0 heterocycles. The van der Waals surface area contributed by atoms with Gasteiger partial charge >= 0.3 is 0 Å². The predicted octanol–water partition coefficient (Wildman–Crippen LogP) is 4.13. The first-order chi connectivity index (χ1) is 9.15. The molecule has 0 saturated carbocycles. The van der Waals surface area contributed by atoms with Crippen LogP contribution in [0.5, 0.6) is 0 Å². The van der Waals surface area contributed by atoms with Gasteiger partial charge in [-0.25, -0.2) is 0 Å². The second-order valence-electron chi connectivity index (χ2n) is 4.93. The van der Waals surface area contributed by atoms with E-state index in [1.54, 1.807) is 0 Å². The number of amides is 1. The highest BCUT2D eigenvalue weighted by atomic mass is 16.1. The van der Waals surface area contributed by atoms with Gasteiger partial charge in [-0.1, -0.05) is 55.0 Å². The lowest BCUT2D eigenvalue weighted by Gasteiger charge is -2.12. The molecule has 98 valence electrons. The third kappa shape index (κ3) is 3.95. The topological polar surface area (TPSA) is 29.1 Å². The van der Waals surface area contributed by atoms with Crippen molar-refractivity contribution in [1.82, 2.24) is 0 Å². The average Bonchev–Trinajstić information content (AvgIpc) is 2.42. The molecule has 0 saturated heterocycles. The second-order valence-corrected chi connectivity index (χ2v) is 4.93. The molecule has 0 aromatic heterocycles. The van der Waals surface area contributed by atoms with Gasteiger partial charge in [-0.05, 0) is 30.5 Å². The number of carbonyl (C=O) groups is 1. The maximum Gasteiger partial charge on any atom is 0.224 e. The number of aryl methyl sites for hydroxylation is 1. The van der Waals surface area contributed by atoms with Crippen molar-refractivity contribution in [1.29, 1.82) is 0 Å². The number of hydrogen-bond acceptors (Lipinski definition) is 1. The Labute approximate surface area is 114 Å². The molecular weight excluding hydrogens is 234 g/mol. The highest BCUT2D eigenvalue weighted by Gasteiger charge is 2.10. The number of nitrogens with one attached hydrogen (secondary N) is 1. The van der Waals surface area contributed by atoms with E-state index in [9.17, 15) is 4.79 Å². The summed E-state index contributed by atoms with van der Waals surface area (Å²) in [6.07, 6.45) is 0.498. The van der Waals surface area contributed by atoms with Crippen LogP contribution < -0.4 is 5.32 Å². The van der Waals surface area contributed by atoms with Crippen LogP contribution in [0.4, 0.5) is 5.69 Å². The molecule has 0 bridgehead atoms. The first-order valence-electron chi connectivity index (χ1n) is 6.56. The van der Waals surface area contributed by atoms with Crippen LogP contribution in [0.2, 0.25) is 0 Å². The Morgan fingerprint density at radius 1 is 1.05 bits per heavy atom. The maximum atomic E-state index is 12.0. The number of carbonyl (C=O) groups excluding carboxylic acids is 1. The minimum Gasteiger partial charge on any atom is -0.326 e. The van der Waals surface area contributed by atoms with Crippen LogP contribution in [-0.4, -0.2) is 5.91 Å². The standard InChI is InChI=1S/C17H19NO/c1-13-8-10-16(11-9-13)18-17(19)12-14(2)15-6-4-3-5-7-15/h3-11,14H,12H2,1-2H3,(H,18,19)/t14-/m1/s1. The molecule has 1 N–H and O–H groups in total. The fourth-order valence-corrected chi connectivity index (χ4v) is 2.03. The van der Waals surface area contributed by atoms with Crippen LogP contribution in [-0.2, 0) is 4.79 Å². The van der Waals surface area contributed by atoms with Gasteiger partial charge < -0.3 is 5.32 Å². The Bertz CT molecular complexity index is 531. The zero-order valence-corrected chi connectivity index (χ0v) is 11.4. The van der Waals surface area contributed by atoms with Gasteiger partial charge in [0.15, 0.2) is 0 Å². The van der Waals surface area contributed by atoms with Crippen LogP contribution >= 0.6 is 0 Å². The van der Waals surface area contributed by atoms with E-state index in [-0.39, 0.29) is 11.8 Å². The molecule has 0 aliphatic rings. The minimum atomic E-state index is 0.0557. The third-order valence-corrected chi connectivity index (χ3v) is 3.20. The quantitative estimate of drug-likeness (QED) is 0.872. The van der Waals surface area contributed by atoms with Crippen molar-refractivity contribution >= 4 is 11.6 Å². The fraction of sp³-hybridized carbons (Fsp3) is 0.235. The monoisotopic (exact) mass is 253 g/mol. The zero-order chi connectivity index (χ0) is 13.7. The number of benzene rings is 2. The van der Waals surface area contributed by atoms with E-state index in [0.29, 0.717) is 6.42 Å². The van der Waals surface area contributed by atoms with Crippen molar-refractivity contribution in [2.75, 3.05) is 5.32 Å². The Morgan fingerprint density at radius 2 is 1.68 bits per heavy atom. The number of hydrogen-bond donors (Lipinski definition) is 1. The SMILES string of the molecule is Cc1ccc(NC(=O)C[C@@H](C)c2ccccc2)cc1. The third-order valence-electron chi connectivity index (χ3n) is 3.20. The summed E-state index contributed by atoms with van der Waals surface area (Å²) in [5.41, 5.74) is 3.24. The van der Waals surface area contributed by atoms with Gasteiger partial charge in [0.2, 0.25) is 5.91 Å². The van der Waals surface area contributed by atoms with Gasteiger partial charge in [0, 0.05) is 12.1 Å². The van der Waals surface area contributed by atoms with Crippen LogP contribution in [0.3, 0.4) is 0 Å². The summed E-state index contributed by atoms with van der Waals surface area (Å²) in [6.45, 7) is 4.10. The smallest absolute Gasteiger partial charge is 0.224 e. The molecule has 0 aliphatic carbocycles. The first kappa shape index (κ1) is 13.3. The van der Waals surface area contributed by atoms with Gasteiger partial charge in [0.1, 0.15) is 0 Å². The summed E-state index contributed by atoms with van der Waals surface area (Å²) in [6, 6.07) is 18.0. The normalized spacial score (nSPS) is 11.9. The molecule has 0 aliphatic heterocycles. The highest BCUT2D eigenvalue weighted by Crippen LogP contribution is 2.19. The zero-order valence-electron chi connectivity index (χ0n) is 11.4. The predicted molar refractivity (Wildman–Crippen MR) is 79.3 cm³/mol. The van der Waals surface area contributed by atoms with Gasteiger partial charge in [-0.3, -0.25) is 4.79 Å². The van der Waals surface area contributed by atoms with Crippen LogP contribution in [0.25, 0.3) is 0 Å². The summed E-state index contributed by atoms with van der Waals surface area (Å²) in [5.74, 6) is 0.284. The Hall–Kier alpha value is -2.09. The molecule has 2 nitrogen and oxygen atoms in total. The molecule has 19 heavy (non-hydrogen) atoms. The van der Waals surface area contributed by atoms with E-state index in [4.69, 9.17) is 0 Å². The maximum absolute atomic E-state index is 12.0. The van der Waals surface area contributed by atoms with Crippen molar-refractivity contribution < 1.29 is 4.79 Å². The fourth-order valence-electron chi connectivity index (χ4n) is 2.03. The molecule has 1 amide bonds. The Kier molecular flexibility index (Phi) is 4.35. The molecule has 0 radical (unpaired) electrons. The average molecular weight is 253 g/mol. The van der Waals surface area contributed by atoms with E-state index >= 15 is 0 Å². The van der Waals surface area contributed by atoms with E-state index in [1.807, 2.05) is 49.4 Å². The largest absolute Gasteiger partial charge is 0.326 e. The second kappa shape index (κ2) is 6.19. The molecule has 1 atom stereocenters. The van der Waals surface area contributed by atoms with Gasteiger partial charge in [0.25, 0.3) is 0 Å². The minimum absolute atomic E-state index is 0.0557. The molecular formula is C17H19NO. The van der Waals surface area contributed by atoms with Crippen molar-refractivity contribution in [3.63, 3.8) is 0 Å². The lowest BCUT2D eigenvalue weighted by molar-refractivity contribution is -0.116. The molecule has 2 heteroatoms. The van der Waals surface area contributed by atoms with Crippen molar-refractivity contribution in [3.05, 3.63) is 65.7 Å². The highest BCUT2D eigenvalue weighted by molar-refractivity contribution is 5.91. The van der Waals surface area contributed by atoms with Crippen LogP contribution in [0, 0.1) is 6.92 Å². The lowest BCUT2D eigenvalue weighted by atomic mass is 9.97. The Morgan fingerprint density at radius 3 is 2.32 bits per heavy atom. The van der Waals surface area contributed by atoms with Gasteiger partial charge in [-0.15, -0.1) is 0 Å². The molecule has 0 fully saturated rings. The summed E-state index contributed by atoms with van der Waals surface area (Å²) < 4.78 is 0. The summed E-state index contributed by atoms with van der Waals surface area (Å²) in [5, 5.41) is 2.93. The summed E-state index contributed by atoms with van der Waals surface area (Å²) in [4.78, 5) is 12.0. The van der Waals surface area contributed by atoms with Crippen LogP contribution in [0.15, 0.2) is 54.6 Å². The summed E-state index contributed by atoms with van der Waals surface area (Å²) >= 11 is 0. The molecule has 2 rings (SSSR count). The number of rotatable bonds is 4. The van der Waals surface area contributed by atoms with E-state index < -0.39 is 0 Å². The van der Waals surface area contributed by atoms with Crippen molar-refractivity contribution in [2.45, 2.75) is 26.2 Å². The molecule has 0 unspecified atom stereocenters. The van der Waals surface area contributed by atoms with E-state index in [0.717, 1.165) is 5.69 Å². The van der Waals surface area contributed by atoms with E-state index in [1.165, 1.54) is 11.1 Å². The van der Waals surface area contributed by atoms with E-state index in [2.05, 4.69) is 24.4 Å². The van der Waals surface area contributed by atoms with Crippen molar-refractivity contribution in [3.8, 4) is 0 Å². The molecule has 2 aromatic rings. The van der Waals surface area contributed by atoms with Crippen molar-refractivity contribution in [2.24, 2.45) is 0 Å². The lowest BCUT2D eigenvalue weighted by Crippen LogP contribution is -2.14. The van der Waals surface area contributed by atoms with Gasteiger partial charge in [-0.2, -0.15) is 0 Å². The molecule has 2 aromatic carbocycles. The first-order valence-corrected chi connectivity index (χ1v) is 6.56.